The monoisotopic (exact) mass is 249 g/mol. The molecule has 2 unspecified atom stereocenters. The van der Waals surface area contributed by atoms with Crippen molar-refractivity contribution in [3.05, 3.63) is 29.8 Å². The van der Waals surface area contributed by atoms with Crippen molar-refractivity contribution < 1.29 is 4.74 Å². The van der Waals surface area contributed by atoms with E-state index in [-0.39, 0.29) is 6.10 Å². The van der Waals surface area contributed by atoms with Crippen LogP contribution in [0.3, 0.4) is 0 Å². The van der Waals surface area contributed by atoms with Crippen molar-refractivity contribution in [2.45, 2.75) is 59.1 Å². The minimum atomic E-state index is 0.281. The largest absolute Gasteiger partial charge is 0.491 e. The Hall–Kier alpha value is -1.02. The molecule has 2 atom stereocenters. The van der Waals surface area contributed by atoms with Gasteiger partial charge in [0.2, 0.25) is 0 Å². The van der Waals surface area contributed by atoms with Crippen molar-refractivity contribution in [3.63, 3.8) is 0 Å². The van der Waals surface area contributed by atoms with Crippen LogP contribution >= 0.6 is 0 Å². The van der Waals surface area contributed by atoms with Gasteiger partial charge in [0.25, 0.3) is 0 Å². The highest BCUT2D eigenvalue weighted by atomic mass is 16.5. The van der Waals surface area contributed by atoms with Gasteiger partial charge in [0.05, 0.1) is 6.10 Å². The number of rotatable bonds is 8. The Labute approximate surface area is 112 Å². The zero-order valence-electron chi connectivity index (χ0n) is 12.2. The van der Waals surface area contributed by atoms with Gasteiger partial charge in [0.1, 0.15) is 5.75 Å². The molecule has 0 spiro atoms. The van der Waals surface area contributed by atoms with Gasteiger partial charge >= 0.3 is 0 Å². The minimum Gasteiger partial charge on any atom is -0.491 e. The third-order valence-electron chi connectivity index (χ3n) is 3.22. The SMILES string of the molecule is CCCNC(CC)c1cccc(OC(C)CC)c1. The molecule has 0 heterocycles. The van der Waals surface area contributed by atoms with Crippen molar-refractivity contribution in [3.8, 4) is 5.75 Å². The van der Waals surface area contributed by atoms with Crippen LogP contribution in [0.4, 0.5) is 0 Å². The molecule has 0 saturated heterocycles. The van der Waals surface area contributed by atoms with Crippen LogP contribution in [-0.2, 0) is 0 Å². The lowest BCUT2D eigenvalue weighted by Gasteiger charge is -2.19. The normalized spacial score (nSPS) is 14.2. The van der Waals surface area contributed by atoms with Gasteiger partial charge in [-0.25, -0.2) is 0 Å². The van der Waals surface area contributed by atoms with Crippen LogP contribution in [0.5, 0.6) is 5.75 Å². The molecule has 0 bridgehead atoms. The lowest BCUT2D eigenvalue weighted by Crippen LogP contribution is -2.21. The van der Waals surface area contributed by atoms with E-state index in [1.54, 1.807) is 0 Å². The van der Waals surface area contributed by atoms with Crippen molar-refractivity contribution >= 4 is 0 Å². The van der Waals surface area contributed by atoms with Crippen LogP contribution in [0.1, 0.15) is 58.6 Å². The summed E-state index contributed by atoms with van der Waals surface area (Å²) in [5.74, 6) is 0.985. The zero-order chi connectivity index (χ0) is 13.4. The van der Waals surface area contributed by atoms with Crippen molar-refractivity contribution in [2.24, 2.45) is 0 Å². The van der Waals surface area contributed by atoms with E-state index in [4.69, 9.17) is 4.74 Å². The molecule has 0 aliphatic carbocycles. The predicted molar refractivity (Wildman–Crippen MR) is 78.1 cm³/mol. The van der Waals surface area contributed by atoms with Crippen LogP contribution in [0.25, 0.3) is 0 Å². The molecule has 0 aliphatic rings. The fourth-order valence-corrected chi connectivity index (χ4v) is 1.94. The molecule has 0 aromatic heterocycles. The summed E-state index contributed by atoms with van der Waals surface area (Å²) < 4.78 is 5.88. The van der Waals surface area contributed by atoms with Gasteiger partial charge in [-0.3, -0.25) is 0 Å². The molecule has 2 nitrogen and oxygen atoms in total. The molecular formula is C16H27NO. The van der Waals surface area contributed by atoms with Gasteiger partial charge in [0, 0.05) is 6.04 Å². The van der Waals surface area contributed by atoms with E-state index in [1.807, 2.05) is 6.07 Å². The molecule has 1 rings (SSSR count). The fraction of sp³-hybridized carbons (Fsp3) is 0.625. The smallest absolute Gasteiger partial charge is 0.120 e. The molecule has 0 amide bonds. The first-order valence-electron chi connectivity index (χ1n) is 7.21. The third kappa shape index (κ3) is 4.69. The maximum Gasteiger partial charge on any atom is 0.120 e. The fourth-order valence-electron chi connectivity index (χ4n) is 1.94. The quantitative estimate of drug-likeness (QED) is 0.741. The molecule has 2 heteroatoms. The first kappa shape index (κ1) is 15.0. The first-order chi connectivity index (χ1) is 8.71. The Morgan fingerprint density at radius 1 is 1.17 bits per heavy atom. The number of ether oxygens (including phenoxy) is 1. The maximum absolute atomic E-state index is 5.88. The third-order valence-corrected chi connectivity index (χ3v) is 3.22. The van der Waals surface area contributed by atoms with Crippen LogP contribution in [0.2, 0.25) is 0 Å². The molecule has 18 heavy (non-hydrogen) atoms. The van der Waals surface area contributed by atoms with Crippen LogP contribution in [-0.4, -0.2) is 12.6 Å². The number of benzene rings is 1. The first-order valence-corrected chi connectivity index (χ1v) is 7.21. The molecule has 1 N–H and O–H groups in total. The van der Waals surface area contributed by atoms with E-state index in [0.717, 1.165) is 25.1 Å². The maximum atomic E-state index is 5.88. The highest BCUT2D eigenvalue weighted by Gasteiger charge is 2.09. The van der Waals surface area contributed by atoms with E-state index >= 15 is 0 Å². The summed E-state index contributed by atoms with van der Waals surface area (Å²) >= 11 is 0. The summed E-state index contributed by atoms with van der Waals surface area (Å²) in [5, 5.41) is 3.57. The average molecular weight is 249 g/mol. The predicted octanol–water partition coefficient (Wildman–Crippen LogP) is 4.31. The van der Waals surface area contributed by atoms with Gasteiger partial charge in [0.15, 0.2) is 0 Å². The molecule has 0 fully saturated rings. The molecule has 0 radical (unpaired) electrons. The number of hydrogen-bond donors (Lipinski definition) is 1. The second-order valence-corrected chi connectivity index (χ2v) is 4.82. The van der Waals surface area contributed by atoms with Crippen molar-refractivity contribution in [1.29, 1.82) is 0 Å². The molecular weight excluding hydrogens is 222 g/mol. The summed E-state index contributed by atoms with van der Waals surface area (Å²) in [7, 11) is 0. The standard InChI is InChI=1S/C16H27NO/c1-5-11-17-16(7-3)14-9-8-10-15(12-14)18-13(4)6-2/h8-10,12-13,16-17H,5-7,11H2,1-4H3. The van der Waals surface area contributed by atoms with Gasteiger partial charge in [-0.05, 0) is 50.4 Å². The van der Waals surface area contributed by atoms with E-state index < -0.39 is 0 Å². The Kier molecular flexibility index (Phi) is 6.81. The number of nitrogens with one attached hydrogen (secondary N) is 1. The van der Waals surface area contributed by atoms with E-state index in [0.29, 0.717) is 6.04 Å². The van der Waals surface area contributed by atoms with E-state index in [2.05, 4.69) is 51.2 Å². The second-order valence-electron chi connectivity index (χ2n) is 4.82. The summed E-state index contributed by atoms with van der Waals surface area (Å²) in [6.45, 7) is 9.73. The van der Waals surface area contributed by atoms with Crippen LogP contribution in [0, 0.1) is 0 Å². The molecule has 1 aromatic rings. The van der Waals surface area contributed by atoms with Gasteiger partial charge < -0.3 is 10.1 Å². The summed E-state index contributed by atoms with van der Waals surface area (Å²) in [5.41, 5.74) is 1.33. The van der Waals surface area contributed by atoms with Gasteiger partial charge in [-0.2, -0.15) is 0 Å². The lowest BCUT2D eigenvalue weighted by atomic mass is 10.0. The van der Waals surface area contributed by atoms with Crippen LogP contribution in [0.15, 0.2) is 24.3 Å². The van der Waals surface area contributed by atoms with Crippen molar-refractivity contribution in [2.75, 3.05) is 6.54 Å². The molecule has 1 aromatic carbocycles. The lowest BCUT2D eigenvalue weighted by molar-refractivity contribution is 0.217. The zero-order valence-corrected chi connectivity index (χ0v) is 12.2. The summed E-state index contributed by atoms with van der Waals surface area (Å²) in [4.78, 5) is 0. The topological polar surface area (TPSA) is 21.3 Å². The van der Waals surface area contributed by atoms with Gasteiger partial charge in [-0.15, -0.1) is 0 Å². The van der Waals surface area contributed by atoms with Crippen LogP contribution < -0.4 is 10.1 Å². The van der Waals surface area contributed by atoms with Gasteiger partial charge in [-0.1, -0.05) is 32.9 Å². The summed E-state index contributed by atoms with van der Waals surface area (Å²) in [6, 6.07) is 8.92. The van der Waals surface area contributed by atoms with E-state index in [1.165, 1.54) is 12.0 Å². The Morgan fingerprint density at radius 3 is 2.56 bits per heavy atom. The average Bonchev–Trinajstić information content (AvgIpc) is 2.40. The minimum absolute atomic E-state index is 0.281. The Morgan fingerprint density at radius 2 is 1.94 bits per heavy atom. The molecule has 0 saturated carbocycles. The molecule has 0 aliphatic heterocycles. The Balaban J connectivity index is 2.72. The highest BCUT2D eigenvalue weighted by molar-refractivity contribution is 5.30. The summed E-state index contributed by atoms with van der Waals surface area (Å²) in [6.07, 6.45) is 3.59. The second kappa shape index (κ2) is 8.15. The highest BCUT2D eigenvalue weighted by Crippen LogP contribution is 2.22. The van der Waals surface area contributed by atoms with E-state index in [9.17, 15) is 0 Å². The Bertz CT molecular complexity index is 338. The molecule has 102 valence electrons. The van der Waals surface area contributed by atoms with Crippen molar-refractivity contribution in [1.82, 2.24) is 5.32 Å². The number of hydrogen-bond acceptors (Lipinski definition) is 2.